The third-order valence-electron chi connectivity index (χ3n) is 1.76. The van der Waals surface area contributed by atoms with Gasteiger partial charge in [0.25, 0.3) is 0 Å². The van der Waals surface area contributed by atoms with Crippen molar-refractivity contribution in [2.75, 3.05) is 0 Å². The molecule has 1 aromatic rings. The second-order valence-electron chi connectivity index (χ2n) is 3.30. The molecule has 0 amide bonds. The van der Waals surface area contributed by atoms with E-state index < -0.39 is 18.7 Å². The molecule has 0 bridgehead atoms. The summed E-state index contributed by atoms with van der Waals surface area (Å²) in [6, 6.07) is -0.809. The quantitative estimate of drug-likeness (QED) is 0.391. The summed E-state index contributed by atoms with van der Waals surface area (Å²) in [6.45, 7) is 0. The first-order chi connectivity index (χ1) is 9.98. The molecule has 1 heterocycles. The van der Waals surface area contributed by atoms with Crippen molar-refractivity contribution in [1.82, 2.24) is 15.0 Å². The van der Waals surface area contributed by atoms with E-state index in [1.165, 1.54) is 0 Å². The molecule has 3 atom stereocenters. The molecule has 1 aromatic heterocycles. The minimum absolute atomic E-state index is 0.270. The summed E-state index contributed by atoms with van der Waals surface area (Å²) in [5.74, 6) is 6.35. The van der Waals surface area contributed by atoms with Crippen molar-refractivity contribution >= 4 is 0 Å². The molecule has 6 N–H and O–H groups in total. The zero-order valence-electron chi connectivity index (χ0n) is 10.8. The van der Waals surface area contributed by atoms with Crippen molar-refractivity contribution in [3.05, 3.63) is 0 Å². The second kappa shape index (κ2) is 7.53. The molecule has 3 unspecified atom stereocenters. The number of nitrogens with zero attached hydrogens (tertiary/aromatic N) is 3. The van der Waals surface area contributed by atoms with Gasteiger partial charge < -0.3 is 14.2 Å². The van der Waals surface area contributed by atoms with E-state index in [9.17, 15) is 0 Å². The molecule has 9 heteroatoms. The summed E-state index contributed by atoms with van der Waals surface area (Å²) < 4.78 is 15.0. The summed E-state index contributed by atoms with van der Waals surface area (Å²) in [4.78, 5) is 11.3. The number of hydrogen-bond donors (Lipinski definition) is 3. The first-order valence-corrected chi connectivity index (χ1v) is 5.39. The van der Waals surface area contributed by atoms with Gasteiger partial charge in [0.15, 0.2) is 0 Å². The predicted octanol–water partition coefficient (Wildman–Crippen LogP) is -2.24. The maximum absolute atomic E-state index is 5.41. The van der Waals surface area contributed by atoms with Gasteiger partial charge in [-0.25, -0.2) is 0 Å². The van der Waals surface area contributed by atoms with Crippen LogP contribution in [0.1, 0.15) is 0 Å². The third kappa shape index (κ3) is 5.23. The standard InChI is InChI=1S/C12H12N6O3/c1-4-7(13)19-10-16-11(20-8(14)5-2)18-12(17-10)21-9(15)6-3/h1-3,7-9H,13-15H2. The summed E-state index contributed by atoms with van der Waals surface area (Å²) >= 11 is 0. The van der Waals surface area contributed by atoms with Gasteiger partial charge in [-0.2, -0.15) is 0 Å². The zero-order chi connectivity index (χ0) is 15.8. The minimum Gasteiger partial charge on any atom is -0.433 e. The van der Waals surface area contributed by atoms with Crippen molar-refractivity contribution in [2.24, 2.45) is 17.2 Å². The maximum atomic E-state index is 5.41. The number of nitrogens with two attached hydrogens (primary N) is 3. The van der Waals surface area contributed by atoms with Crippen LogP contribution in [0.4, 0.5) is 0 Å². The molecule has 0 aliphatic carbocycles. The van der Waals surface area contributed by atoms with Gasteiger partial charge in [-0.15, -0.1) is 34.2 Å². The summed E-state index contributed by atoms with van der Waals surface area (Å²) in [6.07, 6.45) is 12.0. The van der Waals surface area contributed by atoms with Crippen molar-refractivity contribution in [2.45, 2.75) is 18.7 Å². The lowest BCUT2D eigenvalue weighted by Crippen LogP contribution is -2.29. The van der Waals surface area contributed by atoms with E-state index in [0.717, 1.165) is 0 Å². The van der Waals surface area contributed by atoms with Crippen molar-refractivity contribution in [1.29, 1.82) is 0 Å². The first kappa shape index (κ1) is 16.0. The molecule has 0 radical (unpaired) electrons. The Kier molecular flexibility index (Phi) is 5.75. The number of rotatable bonds is 6. The molecule has 0 saturated carbocycles. The minimum atomic E-state index is -1.09. The van der Waals surface area contributed by atoms with Gasteiger partial charge in [0.05, 0.1) is 0 Å². The van der Waals surface area contributed by atoms with Crippen LogP contribution in [-0.2, 0) is 0 Å². The Labute approximate surface area is 121 Å². The molecule has 9 nitrogen and oxygen atoms in total. The van der Waals surface area contributed by atoms with Crippen LogP contribution < -0.4 is 31.4 Å². The number of hydrogen-bond acceptors (Lipinski definition) is 9. The van der Waals surface area contributed by atoms with Crippen LogP contribution in [0.3, 0.4) is 0 Å². The Morgan fingerprint density at radius 2 is 0.905 bits per heavy atom. The lowest BCUT2D eigenvalue weighted by atomic mass is 10.6. The van der Waals surface area contributed by atoms with Crippen molar-refractivity contribution in [3.63, 3.8) is 0 Å². The average molecular weight is 288 g/mol. The first-order valence-electron chi connectivity index (χ1n) is 5.39. The van der Waals surface area contributed by atoms with E-state index in [1.54, 1.807) is 0 Å². The Morgan fingerprint density at radius 1 is 0.667 bits per heavy atom. The zero-order valence-corrected chi connectivity index (χ0v) is 10.8. The highest BCUT2D eigenvalue weighted by Gasteiger charge is 2.15. The van der Waals surface area contributed by atoms with Gasteiger partial charge >= 0.3 is 18.0 Å². The Hall–Kier alpha value is -3.03. The van der Waals surface area contributed by atoms with Crippen LogP contribution in [0.2, 0.25) is 0 Å². The van der Waals surface area contributed by atoms with E-state index in [1.807, 2.05) is 0 Å². The van der Waals surface area contributed by atoms with Crippen LogP contribution in [0.5, 0.6) is 18.0 Å². The lowest BCUT2D eigenvalue weighted by Gasteiger charge is -2.12. The van der Waals surface area contributed by atoms with Crippen LogP contribution in [0.25, 0.3) is 0 Å². The Bertz CT molecular complexity index is 517. The van der Waals surface area contributed by atoms with Gasteiger partial charge in [-0.05, 0) is 17.8 Å². The van der Waals surface area contributed by atoms with Crippen LogP contribution >= 0.6 is 0 Å². The highest BCUT2D eigenvalue weighted by molar-refractivity contribution is 5.12. The van der Waals surface area contributed by atoms with E-state index in [2.05, 4.69) is 32.7 Å². The molecule has 0 aliphatic rings. The SMILES string of the molecule is C#CC(N)Oc1nc(OC(N)C#C)nc(OC(N)C#C)n1. The largest absolute Gasteiger partial charge is 0.433 e. The lowest BCUT2D eigenvalue weighted by molar-refractivity contribution is 0.193. The monoisotopic (exact) mass is 288 g/mol. The average Bonchev–Trinajstić information content (AvgIpc) is 2.46. The van der Waals surface area contributed by atoms with E-state index >= 15 is 0 Å². The second-order valence-corrected chi connectivity index (χ2v) is 3.30. The predicted molar refractivity (Wildman–Crippen MR) is 72.1 cm³/mol. The number of aromatic nitrogens is 3. The molecule has 1 rings (SSSR count). The molecule has 0 saturated heterocycles. The van der Waals surface area contributed by atoms with Gasteiger partial charge in [0, 0.05) is 0 Å². The fraction of sp³-hybridized carbons (Fsp3) is 0.250. The van der Waals surface area contributed by atoms with Gasteiger partial charge in [-0.1, -0.05) is 0 Å². The van der Waals surface area contributed by atoms with E-state index in [0.29, 0.717) is 0 Å². The molecule has 0 fully saturated rings. The van der Waals surface area contributed by atoms with Crippen molar-refractivity contribution < 1.29 is 14.2 Å². The summed E-state index contributed by atoms with van der Waals surface area (Å²) in [5, 5.41) is 0. The topological polar surface area (TPSA) is 144 Å². The van der Waals surface area contributed by atoms with Crippen molar-refractivity contribution in [3.8, 4) is 55.1 Å². The van der Waals surface area contributed by atoms with Crippen LogP contribution in [-0.4, -0.2) is 33.6 Å². The summed E-state index contributed by atoms with van der Waals surface area (Å²) in [5.41, 5.74) is 16.2. The summed E-state index contributed by atoms with van der Waals surface area (Å²) in [7, 11) is 0. The normalized spacial score (nSPS) is 13.7. The number of ether oxygens (including phenoxy) is 3. The molecule has 0 aromatic carbocycles. The smallest absolute Gasteiger partial charge is 0.328 e. The molecule has 0 spiro atoms. The molecular formula is C12H12N6O3. The Morgan fingerprint density at radius 3 is 1.10 bits per heavy atom. The molecule has 0 aliphatic heterocycles. The van der Waals surface area contributed by atoms with E-state index in [-0.39, 0.29) is 18.0 Å². The maximum Gasteiger partial charge on any atom is 0.328 e. The van der Waals surface area contributed by atoms with E-state index in [4.69, 9.17) is 50.7 Å². The molecular weight excluding hydrogens is 276 g/mol. The third-order valence-corrected chi connectivity index (χ3v) is 1.76. The fourth-order valence-corrected chi connectivity index (χ4v) is 0.921. The van der Waals surface area contributed by atoms with Crippen LogP contribution in [0, 0.1) is 37.0 Å². The van der Waals surface area contributed by atoms with Crippen LogP contribution in [0.15, 0.2) is 0 Å². The highest BCUT2D eigenvalue weighted by atomic mass is 16.5. The highest BCUT2D eigenvalue weighted by Crippen LogP contribution is 2.16. The molecule has 21 heavy (non-hydrogen) atoms. The number of terminal acetylenes is 3. The van der Waals surface area contributed by atoms with Gasteiger partial charge in [0.1, 0.15) is 0 Å². The van der Waals surface area contributed by atoms with Gasteiger partial charge in [0.2, 0.25) is 18.7 Å². The molecule has 108 valence electrons. The fourth-order valence-electron chi connectivity index (χ4n) is 0.921. The van der Waals surface area contributed by atoms with Gasteiger partial charge in [-0.3, -0.25) is 17.2 Å². The Balaban J connectivity index is 3.05.